The highest BCUT2D eigenvalue weighted by molar-refractivity contribution is 6.93. The zero-order valence-electron chi connectivity index (χ0n) is 5.46. The molecule has 0 amide bonds. The van der Waals surface area contributed by atoms with Crippen LogP contribution >= 0.6 is 9.07 Å². The van der Waals surface area contributed by atoms with Gasteiger partial charge in [0.25, 0.3) is 0 Å². The van der Waals surface area contributed by atoms with Gasteiger partial charge in [-0.05, 0) is 6.92 Å². The molecule has 0 fully saturated rings. The zero-order chi connectivity index (χ0) is 7.33. The maximum Gasteiger partial charge on any atom is 0.501 e. The highest BCUT2D eigenvalue weighted by Crippen LogP contribution is 2.19. The molecule has 0 aromatic carbocycles. The molecule has 0 aromatic heterocycles. The van der Waals surface area contributed by atoms with E-state index >= 15 is 0 Å². The Morgan fingerprint density at radius 2 is 2.11 bits per heavy atom. The summed E-state index contributed by atoms with van der Waals surface area (Å²) in [5.41, 5.74) is 0. The van der Waals surface area contributed by atoms with Gasteiger partial charge in [-0.3, -0.25) is 0 Å². The molecule has 0 atom stereocenters. The number of halogens is 3. The summed E-state index contributed by atoms with van der Waals surface area (Å²) >= 11 is -0.516. The van der Waals surface area contributed by atoms with Crippen LogP contribution < -0.4 is 0 Å². The molecule has 4 heteroatoms. The molecule has 0 spiro atoms. The first kappa shape index (κ1) is 9.92. The van der Waals surface area contributed by atoms with Gasteiger partial charge >= 0.3 is 19.3 Å². The third kappa shape index (κ3) is 8.92. The molecule has 0 aromatic rings. The van der Waals surface area contributed by atoms with E-state index < -0.39 is 25.2 Å². The van der Waals surface area contributed by atoms with Crippen LogP contribution in [0.5, 0.6) is 0 Å². The SMILES string of the molecule is CC(F)(F)CC[CH2][Mg][Cl]. The predicted octanol–water partition coefficient (Wildman–Crippen LogP) is 2.70. The van der Waals surface area contributed by atoms with E-state index in [1.54, 1.807) is 0 Å². The van der Waals surface area contributed by atoms with Gasteiger partial charge < -0.3 is 9.07 Å². The van der Waals surface area contributed by atoms with E-state index in [9.17, 15) is 8.78 Å². The minimum atomic E-state index is -2.49. The van der Waals surface area contributed by atoms with Crippen LogP contribution in [0, 0.1) is 0 Å². The van der Waals surface area contributed by atoms with Gasteiger partial charge in [-0.2, -0.15) is 0 Å². The lowest BCUT2D eigenvalue weighted by Gasteiger charge is -2.07. The second-order valence-electron chi connectivity index (χ2n) is 2.22. The van der Waals surface area contributed by atoms with Crippen molar-refractivity contribution in [2.24, 2.45) is 0 Å². The molecule has 0 rings (SSSR count). The van der Waals surface area contributed by atoms with Gasteiger partial charge in [-0.15, -0.1) is 4.55 Å². The van der Waals surface area contributed by atoms with Crippen molar-refractivity contribution in [2.75, 3.05) is 0 Å². The summed E-state index contributed by atoms with van der Waals surface area (Å²) in [6.45, 7) is 0.947. The lowest BCUT2D eigenvalue weighted by Crippen LogP contribution is -2.08. The van der Waals surface area contributed by atoms with Crippen molar-refractivity contribution in [2.45, 2.75) is 30.2 Å². The summed E-state index contributed by atoms with van der Waals surface area (Å²) < 4.78 is 24.9. The van der Waals surface area contributed by atoms with Crippen LogP contribution in [0.4, 0.5) is 8.78 Å². The maximum absolute atomic E-state index is 12.0. The molecular weight excluding hydrogens is 158 g/mol. The molecule has 0 aliphatic carbocycles. The van der Waals surface area contributed by atoms with Gasteiger partial charge in [0.1, 0.15) is 0 Å². The summed E-state index contributed by atoms with van der Waals surface area (Å²) in [5, 5.41) is 0. The minimum Gasteiger partial charge on any atom is -0.346 e. The average Bonchev–Trinajstić information content (AvgIpc) is 1.63. The smallest absolute Gasteiger partial charge is 0.346 e. The lowest BCUT2D eigenvalue weighted by atomic mass is 10.2. The van der Waals surface area contributed by atoms with Crippen LogP contribution in [0.15, 0.2) is 0 Å². The van der Waals surface area contributed by atoms with Crippen LogP contribution in [-0.4, -0.2) is 25.2 Å². The van der Waals surface area contributed by atoms with E-state index in [0.29, 0.717) is 6.42 Å². The Bertz CT molecular complexity index is 71.8. The summed E-state index contributed by atoms with van der Waals surface area (Å²) in [7, 11) is 5.42. The van der Waals surface area contributed by atoms with Crippen LogP contribution in [-0.2, 0) is 0 Å². The van der Waals surface area contributed by atoms with Crippen molar-refractivity contribution < 1.29 is 8.78 Å². The van der Waals surface area contributed by atoms with E-state index in [2.05, 4.69) is 0 Å². The van der Waals surface area contributed by atoms with Gasteiger partial charge in [0, 0.05) is 6.42 Å². The van der Waals surface area contributed by atoms with Crippen LogP contribution in [0.1, 0.15) is 19.8 Å². The highest BCUT2D eigenvalue weighted by atomic mass is 35.5. The van der Waals surface area contributed by atoms with Crippen LogP contribution in [0.2, 0.25) is 4.55 Å². The molecule has 52 valence electrons. The standard InChI is InChI=1S/C5H9F2.ClH.Mg/c1-3-4-5(2,6)7;;/h1,3-4H2,2H3;1H;/q;;+1/p-1. The monoisotopic (exact) mass is 166 g/mol. The molecule has 0 heterocycles. The molecule has 0 aliphatic heterocycles. The fourth-order valence-corrected chi connectivity index (χ4v) is 1.54. The van der Waals surface area contributed by atoms with E-state index in [1.807, 2.05) is 0 Å². The predicted molar refractivity (Wildman–Crippen MR) is 36.3 cm³/mol. The van der Waals surface area contributed by atoms with Crippen molar-refractivity contribution in [3.05, 3.63) is 0 Å². The van der Waals surface area contributed by atoms with Crippen molar-refractivity contribution in [3.63, 3.8) is 0 Å². The number of hydrogen-bond acceptors (Lipinski definition) is 0. The van der Waals surface area contributed by atoms with Crippen molar-refractivity contribution in [3.8, 4) is 0 Å². The Balaban J connectivity index is 3.07. The molecule has 0 bridgehead atoms. The normalized spacial score (nSPS) is 11.1. The molecule has 0 unspecified atom stereocenters. The third-order valence-electron chi connectivity index (χ3n) is 0.999. The van der Waals surface area contributed by atoms with Gasteiger partial charge in [0.2, 0.25) is 5.92 Å². The van der Waals surface area contributed by atoms with Gasteiger partial charge in [0.05, 0.1) is 0 Å². The summed E-state index contributed by atoms with van der Waals surface area (Å²) in [5.74, 6) is -2.49. The van der Waals surface area contributed by atoms with Crippen LogP contribution in [0.25, 0.3) is 0 Å². The van der Waals surface area contributed by atoms with Crippen LogP contribution in [0.3, 0.4) is 0 Å². The average molecular weight is 167 g/mol. The summed E-state index contributed by atoms with van der Waals surface area (Å²) in [6.07, 6.45) is 0.575. The summed E-state index contributed by atoms with van der Waals surface area (Å²) in [6, 6.07) is 0. The largest absolute Gasteiger partial charge is 0.501 e. The molecule has 0 saturated carbocycles. The van der Waals surface area contributed by atoms with Crippen molar-refractivity contribution >= 4 is 28.3 Å². The highest BCUT2D eigenvalue weighted by Gasteiger charge is 2.19. The molecule has 0 saturated heterocycles. The first-order valence-electron chi connectivity index (χ1n) is 3.00. The summed E-state index contributed by atoms with van der Waals surface area (Å²) in [4.78, 5) is 0. The molecule has 0 N–H and O–H groups in total. The van der Waals surface area contributed by atoms with E-state index in [1.165, 1.54) is 0 Å². The third-order valence-corrected chi connectivity index (χ3v) is 2.57. The maximum atomic E-state index is 12.0. The number of rotatable bonds is 4. The minimum absolute atomic E-state index is 0.00722. The molecule has 0 radical (unpaired) electrons. The lowest BCUT2D eigenvalue weighted by molar-refractivity contribution is 0.0123. The Morgan fingerprint density at radius 1 is 1.56 bits per heavy atom. The molecule has 9 heavy (non-hydrogen) atoms. The van der Waals surface area contributed by atoms with E-state index in [0.717, 1.165) is 11.5 Å². The van der Waals surface area contributed by atoms with E-state index in [4.69, 9.17) is 9.07 Å². The van der Waals surface area contributed by atoms with Gasteiger partial charge in [0.15, 0.2) is 0 Å². The second kappa shape index (κ2) is 4.69. The van der Waals surface area contributed by atoms with Crippen molar-refractivity contribution in [1.82, 2.24) is 0 Å². The first-order valence-corrected chi connectivity index (χ1v) is 6.14. The molecular formula is C5H9ClF2Mg. The molecule has 0 nitrogen and oxygen atoms in total. The fourth-order valence-electron chi connectivity index (χ4n) is 0.530. The van der Waals surface area contributed by atoms with Gasteiger partial charge in [-0.25, -0.2) is 8.78 Å². The Morgan fingerprint density at radius 3 is 2.44 bits per heavy atom. The fraction of sp³-hybridized carbons (Fsp3) is 1.00. The molecule has 0 aliphatic rings. The Kier molecular flexibility index (Phi) is 5.17. The quantitative estimate of drug-likeness (QED) is 0.445. The topological polar surface area (TPSA) is 0 Å². The Hall–Kier alpha value is 0.916. The Labute approximate surface area is 67.5 Å². The number of hydrogen-bond donors (Lipinski definition) is 0. The van der Waals surface area contributed by atoms with Gasteiger partial charge in [-0.1, -0.05) is 6.42 Å². The first-order chi connectivity index (χ1) is 4.06. The number of alkyl halides is 2. The van der Waals surface area contributed by atoms with E-state index in [-0.39, 0.29) is 6.42 Å². The zero-order valence-corrected chi connectivity index (χ0v) is 7.63. The van der Waals surface area contributed by atoms with Crippen molar-refractivity contribution in [1.29, 1.82) is 0 Å². The second-order valence-corrected chi connectivity index (χ2v) is 4.44.